The summed E-state index contributed by atoms with van der Waals surface area (Å²) >= 11 is 11.8. The van der Waals surface area contributed by atoms with Crippen LogP contribution in [0.25, 0.3) is 0 Å². The summed E-state index contributed by atoms with van der Waals surface area (Å²) in [5, 5.41) is 10.3. The van der Waals surface area contributed by atoms with Gasteiger partial charge < -0.3 is 9.52 Å². The quantitative estimate of drug-likeness (QED) is 0.854. The maximum Gasteiger partial charge on any atom is 0.242 e. The van der Waals surface area contributed by atoms with Crippen molar-refractivity contribution in [3.05, 3.63) is 51.4 Å². The Kier molecular flexibility index (Phi) is 5.19. The van der Waals surface area contributed by atoms with Gasteiger partial charge in [-0.25, -0.2) is 13.1 Å². The summed E-state index contributed by atoms with van der Waals surface area (Å²) < 4.78 is 32.1. The number of sulfonamides is 1. The molecule has 0 bridgehead atoms. The van der Waals surface area contributed by atoms with Crippen molar-refractivity contribution >= 4 is 33.2 Å². The molecule has 0 radical (unpaired) electrons. The van der Waals surface area contributed by atoms with Crippen molar-refractivity contribution < 1.29 is 17.9 Å². The minimum Gasteiger partial charge on any atom is -0.464 e. The van der Waals surface area contributed by atoms with Gasteiger partial charge >= 0.3 is 0 Å². The topological polar surface area (TPSA) is 79.5 Å². The van der Waals surface area contributed by atoms with Crippen molar-refractivity contribution in [2.24, 2.45) is 0 Å². The summed E-state index contributed by atoms with van der Waals surface area (Å²) in [5.74, 6) is 0.923. The fourth-order valence-corrected chi connectivity index (χ4v) is 3.70. The molecule has 120 valence electrons. The van der Waals surface area contributed by atoms with Crippen LogP contribution < -0.4 is 4.72 Å². The molecule has 8 heteroatoms. The molecule has 0 aliphatic heterocycles. The van der Waals surface area contributed by atoms with Gasteiger partial charge in [0.25, 0.3) is 0 Å². The van der Waals surface area contributed by atoms with Crippen LogP contribution in [-0.4, -0.2) is 20.1 Å². The smallest absolute Gasteiger partial charge is 0.242 e. The largest absolute Gasteiger partial charge is 0.464 e. The number of aliphatic hydroxyl groups is 1. The van der Waals surface area contributed by atoms with Crippen LogP contribution in [0.5, 0.6) is 0 Å². The highest BCUT2D eigenvalue weighted by Gasteiger charge is 2.21. The summed E-state index contributed by atoms with van der Waals surface area (Å²) in [6, 6.07) is 6.04. The second kappa shape index (κ2) is 6.60. The Hall–Kier alpha value is -1.05. The lowest BCUT2D eigenvalue weighted by Gasteiger charge is -2.12. The lowest BCUT2D eigenvalue weighted by Crippen LogP contribution is -2.28. The molecular weight excluding hydrogens is 349 g/mol. The van der Waals surface area contributed by atoms with Gasteiger partial charge in [0.15, 0.2) is 0 Å². The molecule has 2 N–H and O–H groups in total. The van der Waals surface area contributed by atoms with Gasteiger partial charge in [0.1, 0.15) is 22.5 Å². The Morgan fingerprint density at radius 3 is 2.50 bits per heavy atom. The number of furan rings is 1. The fraction of sp³-hybridized carbons (Fsp3) is 0.286. The van der Waals surface area contributed by atoms with E-state index in [-0.39, 0.29) is 16.5 Å². The predicted molar refractivity (Wildman–Crippen MR) is 84.8 cm³/mol. The van der Waals surface area contributed by atoms with Gasteiger partial charge in [-0.15, -0.1) is 0 Å². The van der Waals surface area contributed by atoms with Gasteiger partial charge in [0, 0.05) is 11.6 Å². The molecule has 1 heterocycles. The van der Waals surface area contributed by atoms with Crippen molar-refractivity contribution in [1.82, 2.24) is 4.72 Å². The molecule has 22 heavy (non-hydrogen) atoms. The average Bonchev–Trinajstić information content (AvgIpc) is 2.87. The van der Waals surface area contributed by atoms with E-state index in [0.29, 0.717) is 22.1 Å². The summed E-state index contributed by atoms with van der Waals surface area (Å²) in [6.45, 7) is 3.18. The Morgan fingerprint density at radius 1 is 1.23 bits per heavy atom. The van der Waals surface area contributed by atoms with Crippen LogP contribution in [0.15, 0.2) is 33.6 Å². The van der Waals surface area contributed by atoms with E-state index < -0.39 is 16.1 Å². The molecule has 1 atom stereocenters. The monoisotopic (exact) mass is 363 g/mol. The zero-order valence-electron chi connectivity index (χ0n) is 11.9. The number of hydrogen-bond acceptors (Lipinski definition) is 4. The van der Waals surface area contributed by atoms with Crippen LogP contribution in [-0.2, 0) is 10.0 Å². The number of hydrogen-bond donors (Lipinski definition) is 2. The first kappa shape index (κ1) is 17.3. The van der Waals surface area contributed by atoms with Crippen molar-refractivity contribution in [2.45, 2.75) is 24.8 Å². The molecule has 0 aliphatic carbocycles. The SMILES string of the molecule is Cc1ccc(C(O)CNS(=O)(=O)c2cc(C)c(Cl)cc2Cl)o1. The Morgan fingerprint density at radius 2 is 1.91 bits per heavy atom. The van der Waals surface area contributed by atoms with Crippen molar-refractivity contribution in [2.75, 3.05) is 6.54 Å². The summed E-state index contributed by atoms with van der Waals surface area (Å²) in [5.41, 5.74) is 0.591. The third-order valence-electron chi connectivity index (χ3n) is 3.06. The molecule has 0 saturated heterocycles. The third kappa shape index (κ3) is 3.83. The molecule has 0 saturated carbocycles. The molecule has 0 amide bonds. The minimum atomic E-state index is -3.87. The molecule has 1 aromatic carbocycles. The Bertz CT molecular complexity index is 786. The maximum atomic E-state index is 12.3. The standard InChI is InChI=1S/C14H15Cl2NO4S/c1-8-5-14(11(16)6-10(8)15)22(19,20)17-7-12(18)13-4-3-9(2)21-13/h3-6,12,17-18H,7H2,1-2H3. The first-order valence-electron chi connectivity index (χ1n) is 6.40. The molecule has 5 nitrogen and oxygen atoms in total. The minimum absolute atomic E-state index is 0.0198. The number of nitrogens with one attached hydrogen (secondary N) is 1. The van der Waals surface area contributed by atoms with Gasteiger partial charge in [-0.05, 0) is 43.7 Å². The molecule has 1 aromatic heterocycles. The van der Waals surface area contributed by atoms with Gasteiger partial charge in [0.05, 0.1) is 5.02 Å². The van der Waals surface area contributed by atoms with Crippen LogP contribution in [0.1, 0.15) is 23.2 Å². The summed E-state index contributed by atoms with van der Waals surface area (Å²) in [7, 11) is -3.87. The normalized spacial score (nSPS) is 13.3. The van der Waals surface area contributed by atoms with Gasteiger partial charge in [-0.3, -0.25) is 0 Å². The Labute approximate surface area is 138 Å². The van der Waals surface area contributed by atoms with Crippen molar-refractivity contribution in [1.29, 1.82) is 0 Å². The van der Waals surface area contributed by atoms with Gasteiger partial charge in [-0.2, -0.15) is 0 Å². The van der Waals surface area contributed by atoms with Crippen molar-refractivity contribution in [3.8, 4) is 0 Å². The second-order valence-electron chi connectivity index (χ2n) is 4.85. The predicted octanol–water partition coefficient (Wildman–Crippen LogP) is 3.22. The van der Waals surface area contributed by atoms with Crippen molar-refractivity contribution in [3.63, 3.8) is 0 Å². The van der Waals surface area contributed by atoms with Crippen LogP contribution in [0.2, 0.25) is 10.0 Å². The molecular formula is C14H15Cl2NO4S. The number of benzene rings is 1. The maximum absolute atomic E-state index is 12.3. The van der Waals surface area contributed by atoms with Crippen LogP contribution in [0.4, 0.5) is 0 Å². The molecule has 2 rings (SSSR count). The zero-order valence-corrected chi connectivity index (χ0v) is 14.3. The second-order valence-corrected chi connectivity index (χ2v) is 7.40. The van der Waals surface area contributed by atoms with E-state index in [1.807, 2.05) is 0 Å². The highest BCUT2D eigenvalue weighted by molar-refractivity contribution is 7.89. The van der Waals surface area contributed by atoms with E-state index >= 15 is 0 Å². The van der Waals surface area contributed by atoms with E-state index in [9.17, 15) is 13.5 Å². The van der Waals surface area contributed by atoms with Crippen LogP contribution in [0, 0.1) is 13.8 Å². The third-order valence-corrected chi connectivity index (χ3v) is 5.35. The van der Waals surface area contributed by atoms with E-state index in [2.05, 4.69) is 4.72 Å². The van der Waals surface area contributed by atoms with E-state index in [1.165, 1.54) is 12.1 Å². The molecule has 0 spiro atoms. The molecule has 0 aliphatic rings. The van der Waals surface area contributed by atoms with Crippen LogP contribution >= 0.6 is 23.2 Å². The van der Waals surface area contributed by atoms with Gasteiger partial charge in [-0.1, -0.05) is 23.2 Å². The number of halogens is 2. The number of aliphatic hydroxyl groups excluding tert-OH is 1. The first-order valence-corrected chi connectivity index (χ1v) is 8.64. The zero-order chi connectivity index (χ0) is 16.5. The summed E-state index contributed by atoms with van der Waals surface area (Å²) in [4.78, 5) is -0.0844. The molecule has 1 unspecified atom stereocenters. The molecule has 0 fully saturated rings. The Balaban J connectivity index is 2.16. The van der Waals surface area contributed by atoms with E-state index in [0.717, 1.165) is 0 Å². The fourth-order valence-electron chi connectivity index (χ4n) is 1.84. The van der Waals surface area contributed by atoms with Gasteiger partial charge in [0.2, 0.25) is 10.0 Å². The average molecular weight is 364 g/mol. The number of aryl methyl sites for hydroxylation is 2. The number of rotatable bonds is 5. The summed E-state index contributed by atoms with van der Waals surface area (Å²) in [6.07, 6.45) is -1.09. The highest BCUT2D eigenvalue weighted by Crippen LogP contribution is 2.28. The lowest BCUT2D eigenvalue weighted by molar-refractivity contribution is 0.152. The van der Waals surface area contributed by atoms with E-state index in [4.69, 9.17) is 27.6 Å². The van der Waals surface area contributed by atoms with Crippen LogP contribution in [0.3, 0.4) is 0 Å². The molecule has 2 aromatic rings. The lowest BCUT2D eigenvalue weighted by atomic mass is 10.2. The first-order chi connectivity index (χ1) is 10.2. The highest BCUT2D eigenvalue weighted by atomic mass is 35.5. The van der Waals surface area contributed by atoms with E-state index in [1.54, 1.807) is 26.0 Å².